The third-order valence-electron chi connectivity index (χ3n) is 4.36. The molecule has 1 aliphatic rings. The molecule has 0 amide bonds. The van der Waals surface area contributed by atoms with Crippen LogP contribution >= 0.6 is 0 Å². The Balaban J connectivity index is 1.70. The minimum Gasteiger partial charge on any atom is -0.459 e. The van der Waals surface area contributed by atoms with E-state index in [-0.39, 0.29) is 6.10 Å². The molecule has 1 aromatic carbocycles. The Hall–Kier alpha value is -1.99. The summed E-state index contributed by atoms with van der Waals surface area (Å²) in [5.41, 5.74) is 2.08. The number of aryl methyl sites for hydroxylation is 2. The van der Waals surface area contributed by atoms with Crippen molar-refractivity contribution in [3.05, 3.63) is 47.8 Å². The second-order valence-corrected chi connectivity index (χ2v) is 8.22. The third-order valence-corrected chi connectivity index (χ3v) is 6.24. The Labute approximate surface area is 148 Å². The molecular formula is C18H23N3O3S. The number of rotatable bonds is 5. The summed E-state index contributed by atoms with van der Waals surface area (Å²) in [6.45, 7) is 4.79. The fraction of sp³-hybridized carbons (Fsp3) is 0.444. The van der Waals surface area contributed by atoms with Crippen LogP contribution in [-0.2, 0) is 16.4 Å². The number of aromatic nitrogens is 2. The first-order valence-corrected chi connectivity index (χ1v) is 9.97. The van der Waals surface area contributed by atoms with E-state index in [1.54, 1.807) is 24.5 Å². The maximum atomic E-state index is 12.8. The molecule has 1 saturated heterocycles. The largest absolute Gasteiger partial charge is 0.459 e. The lowest BCUT2D eigenvalue weighted by molar-refractivity contribution is 0.119. The summed E-state index contributed by atoms with van der Waals surface area (Å²) in [5, 5.41) is 0. The highest BCUT2D eigenvalue weighted by atomic mass is 32.2. The molecule has 134 valence electrons. The molecule has 1 fully saturated rings. The number of ether oxygens (including phenoxy) is 1. The zero-order valence-electron chi connectivity index (χ0n) is 14.6. The van der Waals surface area contributed by atoms with Crippen molar-refractivity contribution in [3.63, 3.8) is 0 Å². The van der Waals surface area contributed by atoms with Crippen LogP contribution in [0.25, 0.3) is 0 Å². The van der Waals surface area contributed by atoms with Crippen LogP contribution < -0.4 is 4.74 Å². The predicted octanol–water partition coefficient (Wildman–Crippen LogP) is 2.58. The van der Waals surface area contributed by atoms with E-state index in [1.165, 1.54) is 4.31 Å². The van der Waals surface area contributed by atoms with Crippen molar-refractivity contribution >= 4 is 10.0 Å². The Kier molecular flexibility index (Phi) is 5.34. The maximum absolute atomic E-state index is 12.8. The Bertz CT molecular complexity index is 804. The van der Waals surface area contributed by atoms with Gasteiger partial charge in [0.15, 0.2) is 0 Å². The van der Waals surface area contributed by atoms with Crippen molar-refractivity contribution in [2.75, 3.05) is 13.1 Å². The predicted molar refractivity (Wildman–Crippen MR) is 95.0 cm³/mol. The first-order chi connectivity index (χ1) is 12.0. The van der Waals surface area contributed by atoms with Crippen LogP contribution in [0.1, 0.15) is 30.9 Å². The van der Waals surface area contributed by atoms with Crippen LogP contribution in [0.4, 0.5) is 0 Å². The molecule has 1 atom stereocenters. The lowest BCUT2D eigenvalue weighted by Gasteiger charge is -2.31. The highest BCUT2D eigenvalue weighted by molar-refractivity contribution is 7.89. The maximum Gasteiger partial charge on any atom is 0.316 e. The molecule has 3 rings (SSSR count). The van der Waals surface area contributed by atoms with E-state index in [0.29, 0.717) is 24.0 Å². The monoisotopic (exact) mass is 361 g/mol. The van der Waals surface area contributed by atoms with E-state index >= 15 is 0 Å². The summed E-state index contributed by atoms with van der Waals surface area (Å²) >= 11 is 0. The molecule has 0 spiro atoms. The number of piperidine rings is 1. The second kappa shape index (κ2) is 7.49. The lowest BCUT2D eigenvalue weighted by atomic mass is 10.1. The smallest absolute Gasteiger partial charge is 0.316 e. The summed E-state index contributed by atoms with van der Waals surface area (Å²) in [5.74, 6) is 0. The molecule has 1 aromatic heterocycles. The molecule has 1 unspecified atom stereocenters. The quantitative estimate of drug-likeness (QED) is 0.818. The van der Waals surface area contributed by atoms with Gasteiger partial charge in [-0.1, -0.05) is 24.6 Å². The van der Waals surface area contributed by atoms with Gasteiger partial charge in [-0.15, -0.1) is 0 Å². The lowest BCUT2D eigenvalue weighted by Crippen LogP contribution is -2.44. The average Bonchev–Trinajstić information content (AvgIpc) is 2.63. The second-order valence-electron chi connectivity index (χ2n) is 6.29. The van der Waals surface area contributed by atoms with Crippen LogP contribution in [0, 0.1) is 6.92 Å². The number of hydrogen-bond donors (Lipinski definition) is 0. The highest BCUT2D eigenvalue weighted by Gasteiger charge is 2.31. The van der Waals surface area contributed by atoms with Crippen LogP contribution in [0.15, 0.2) is 41.6 Å². The Morgan fingerprint density at radius 2 is 1.88 bits per heavy atom. The van der Waals surface area contributed by atoms with Gasteiger partial charge in [0.25, 0.3) is 0 Å². The van der Waals surface area contributed by atoms with Gasteiger partial charge < -0.3 is 4.74 Å². The first-order valence-electron chi connectivity index (χ1n) is 8.53. The highest BCUT2D eigenvalue weighted by Crippen LogP contribution is 2.23. The van der Waals surface area contributed by atoms with Crippen LogP contribution in [0.5, 0.6) is 6.01 Å². The van der Waals surface area contributed by atoms with Gasteiger partial charge in [-0.2, -0.15) is 4.31 Å². The van der Waals surface area contributed by atoms with Gasteiger partial charge >= 0.3 is 6.01 Å². The molecule has 0 aliphatic carbocycles. The minimum absolute atomic E-state index is 0.235. The molecule has 2 heterocycles. The summed E-state index contributed by atoms with van der Waals surface area (Å²) < 4.78 is 32.9. The normalized spacial score (nSPS) is 18.9. The molecule has 6 nitrogen and oxygen atoms in total. The number of benzene rings is 1. The molecule has 1 aliphatic heterocycles. The summed E-state index contributed by atoms with van der Waals surface area (Å²) in [6.07, 6.45) is 5.66. The van der Waals surface area contributed by atoms with Gasteiger partial charge in [0.2, 0.25) is 10.0 Å². The number of hydrogen-bond acceptors (Lipinski definition) is 5. The molecule has 0 radical (unpaired) electrons. The first kappa shape index (κ1) is 17.8. The zero-order valence-corrected chi connectivity index (χ0v) is 15.4. The molecule has 25 heavy (non-hydrogen) atoms. The van der Waals surface area contributed by atoms with Gasteiger partial charge in [0.05, 0.1) is 11.4 Å². The fourth-order valence-corrected chi connectivity index (χ4v) is 4.32. The number of sulfonamides is 1. The summed E-state index contributed by atoms with van der Waals surface area (Å²) in [7, 11) is -3.50. The van der Waals surface area contributed by atoms with Gasteiger partial charge in [0, 0.05) is 18.9 Å². The minimum atomic E-state index is -3.50. The van der Waals surface area contributed by atoms with Crippen LogP contribution in [-0.4, -0.2) is 41.9 Å². The standard InChI is InChI=1S/C18H23N3O3S/c1-3-15-11-19-18(20-12-15)24-16-5-4-10-21(13-16)25(22,23)17-8-6-14(2)7-9-17/h6-9,11-12,16H,3-5,10,13H2,1-2H3. The molecule has 2 aromatic rings. The molecule has 7 heteroatoms. The van der Waals surface area contributed by atoms with E-state index in [9.17, 15) is 8.42 Å². The van der Waals surface area contributed by atoms with Crippen molar-refractivity contribution in [2.45, 2.75) is 44.1 Å². The zero-order chi connectivity index (χ0) is 17.9. The Morgan fingerprint density at radius 1 is 1.20 bits per heavy atom. The van der Waals surface area contributed by atoms with Crippen molar-refractivity contribution in [2.24, 2.45) is 0 Å². The van der Waals surface area contributed by atoms with Crippen molar-refractivity contribution in [1.82, 2.24) is 14.3 Å². The topological polar surface area (TPSA) is 72.4 Å². The van der Waals surface area contributed by atoms with Crippen molar-refractivity contribution in [3.8, 4) is 6.01 Å². The SMILES string of the molecule is CCc1cnc(OC2CCCN(S(=O)(=O)c3ccc(C)cc3)C2)nc1. The van der Waals surface area contributed by atoms with E-state index in [2.05, 4.69) is 9.97 Å². The summed E-state index contributed by atoms with van der Waals surface area (Å²) in [4.78, 5) is 8.72. The molecule has 0 saturated carbocycles. The number of nitrogens with zero attached hydrogens (tertiary/aromatic N) is 3. The molecular weight excluding hydrogens is 338 g/mol. The van der Waals surface area contributed by atoms with Gasteiger partial charge in [-0.25, -0.2) is 18.4 Å². The van der Waals surface area contributed by atoms with E-state index in [4.69, 9.17) is 4.74 Å². The summed E-state index contributed by atoms with van der Waals surface area (Å²) in [6, 6.07) is 7.24. The van der Waals surface area contributed by atoms with E-state index in [1.807, 2.05) is 26.0 Å². The average molecular weight is 361 g/mol. The van der Waals surface area contributed by atoms with E-state index < -0.39 is 10.0 Å². The van der Waals surface area contributed by atoms with Crippen molar-refractivity contribution in [1.29, 1.82) is 0 Å². The third kappa shape index (κ3) is 4.16. The molecule has 0 bridgehead atoms. The molecule has 0 N–H and O–H groups in total. The Morgan fingerprint density at radius 3 is 2.52 bits per heavy atom. The van der Waals surface area contributed by atoms with Gasteiger partial charge in [-0.3, -0.25) is 0 Å². The fourth-order valence-electron chi connectivity index (χ4n) is 2.81. The van der Waals surface area contributed by atoms with E-state index in [0.717, 1.165) is 30.4 Å². The van der Waals surface area contributed by atoms with Crippen LogP contribution in [0.2, 0.25) is 0 Å². The van der Waals surface area contributed by atoms with Gasteiger partial charge in [-0.05, 0) is 43.9 Å². The van der Waals surface area contributed by atoms with Crippen molar-refractivity contribution < 1.29 is 13.2 Å². The van der Waals surface area contributed by atoms with Crippen LogP contribution in [0.3, 0.4) is 0 Å². The van der Waals surface area contributed by atoms with Gasteiger partial charge in [0.1, 0.15) is 6.10 Å².